The summed E-state index contributed by atoms with van der Waals surface area (Å²) in [6.45, 7) is 9.68. The van der Waals surface area contributed by atoms with Gasteiger partial charge >= 0.3 is 0 Å². The van der Waals surface area contributed by atoms with Crippen molar-refractivity contribution in [3.63, 3.8) is 0 Å². The van der Waals surface area contributed by atoms with Crippen LogP contribution in [0.25, 0.3) is 0 Å². The quantitative estimate of drug-likeness (QED) is 0.645. The van der Waals surface area contributed by atoms with E-state index in [1.54, 1.807) is 0 Å². The van der Waals surface area contributed by atoms with Crippen molar-refractivity contribution in [2.45, 2.75) is 39.7 Å². The van der Waals surface area contributed by atoms with Crippen LogP contribution in [0.4, 0.5) is 10.8 Å². The van der Waals surface area contributed by atoms with E-state index >= 15 is 0 Å². The monoisotopic (exact) mass is 299 g/mol. The van der Waals surface area contributed by atoms with Crippen molar-refractivity contribution in [1.82, 2.24) is 9.27 Å². The van der Waals surface area contributed by atoms with Gasteiger partial charge in [0.1, 0.15) is 10.6 Å². The largest absolute Gasteiger partial charge is 0.382 e. The summed E-state index contributed by atoms with van der Waals surface area (Å²) < 4.78 is 3.97. The molecule has 0 aromatic carbocycles. The Morgan fingerprint density at radius 3 is 2.65 bits per heavy atom. The van der Waals surface area contributed by atoms with Crippen molar-refractivity contribution in [1.29, 1.82) is 0 Å². The van der Waals surface area contributed by atoms with Gasteiger partial charge in [-0.25, -0.2) is 0 Å². The zero-order valence-corrected chi connectivity index (χ0v) is 13.3. The van der Waals surface area contributed by atoms with Gasteiger partial charge in [-0.05, 0) is 50.9 Å². The highest BCUT2D eigenvalue weighted by atomic mass is 32.1. The van der Waals surface area contributed by atoms with E-state index in [4.69, 9.17) is 11.5 Å². The van der Waals surface area contributed by atoms with E-state index in [0.29, 0.717) is 10.6 Å². The SMILES string of the molecule is CCN(CC)CCCC(C)Nc1snc(N)c1C(N)=O. The van der Waals surface area contributed by atoms with Crippen LogP contribution < -0.4 is 16.8 Å². The van der Waals surface area contributed by atoms with Crippen LogP contribution in [0.2, 0.25) is 0 Å². The predicted molar refractivity (Wildman–Crippen MR) is 85.2 cm³/mol. The summed E-state index contributed by atoms with van der Waals surface area (Å²) in [6, 6.07) is 0.253. The lowest BCUT2D eigenvalue weighted by molar-refractivity contribution is 0.100. The fraction of sp³-hybridized carbons (Fsp3) is 0.692. The first-order valence-electron chi connectivity index (χ1n) is 7.03. The number of rotatable bonds is 9. The molecule has 0 spiro atoms. The topological polar surface area (TPSA) is 97.3 Å². The number of nitrogen functional groups attached to an aromatic ring is 1. The summed E-state index contributed by atoms with van der Waals surface area (Å²) in [4.78, 5) is 13.7. The van der Waals surface area contributed by atoms with E-state index in [1.807, 2.05) is 0 Å². The van der Waals surface area contributed by atoms with Gasteiger partial charge in [-0.15, -0.1) is 0 Å². The first kappa shape index (κ1) is 16.7. The maximum atomic E-state index is 11.3. The van der Waals surface area contributed by atoms with Gasteiger partial charge in [-0.2, -0.15) is 4.37 Å². The predicted octanol–water partition coefficient (Wildman–Crippen LogP) is 1.75. The standard InChI is InChI=1S/C13H25N5OS/c1-4-18(5-2)8-6-7-9(3)16-13-10(12(15)19)11(14)17-20-13/h9,16H,4-8H2,1-3H3,(H2,14,17)(H2,15,19). The average molecular weight is 299 g/mol. The van der Waals surface area contributed by atoms with Gasteiger partial charge < -0.3 is 21.7 Å². The number of carbonyl (C=O) groups is 1. The summed E-state index contributed by atoms with van der Waals surface area (Å²) in [5, 5.41) is 3.95. The normalized spacial score (nSPS) is 12.6. The van der Waals surface area contributed by atoms with Crippen LogP contribution in [-0.2, 0) is 0 Å². The van der Waals surface area contributed by atoms with Gasteiger partial charge in [-0.1, -0.05) is 13.8 Å². The van der Waals surface area contributed by atoms with E-state index < -0.39 is 5.91 Å². The summed E-state index contributed by atoms with van der Waals surface area (Å²) in [7, 11) is 0. The smallest absolute Gasteiger partial charge is 0.255 e. The minimum atomic E-state index is -0.533. The molecule has 114 valence electrons. The molecule has 0 fully saturated rings. The van der Waals surface area contributed by atoms with Crippen LogP contribution in [0.3, 0.4) is 0 Å². The van der Waals surface area contributed by atoms with Crippen LogP contribution >= 0.6 is 11.5 Å². The number of anilines is 2. The lowest BCUT2D eigenvalue weighted by atomic mass is 10.1. The summed E-state index contributed by atoms with van der Waals surface area (Å²) >= 11 is 1.18. The third kappa shape index (κ3) is 4.64. The third-order valence-electron chi connectivity index (χ3n) is 3.35. The maximum absolute atomic E-state index is 11.3. The Hall–Kier alpha value is -1.34. The number of primary amides is 1. The van der Waals surface area contributed by atoms with Crippen molar-refractivity contribution in [3.05, 3.63) is 5.56 Å². The van der Waals surface area contributed by atoms with Crippen molar-refractivity contribution in [2.24, 2.45) is 5.73 Å². The van der Waals surface area contributed by atoms with E-state index in [0.717, 1.165) is 32.5 Å². The Morgan fingerprint density at radius 2 is 2.10 bits per heavy atom. The number of hydrogen-bond donors (Lipinski definition) is 3. The molecule has 1 aromatic heterocycles. The summed E-state index contributed by atoms with van der Waals surface area (Å²) in [5.41, 5.74) is 11.3. The first-order chi connectivity index (χ1) is 9.49. The minimum Gasteiger partial charge on any atom is -0.382 e. The highest BCUT2D eigenvalue weighted by molar-refractivity contribution is 7.11. The number of nitrogens with one attached hydrogen (secondary N) is 1. The Bertz CT molecular complexity index is 430. The van der Waals surface area contributed by atoms with Crippen LogP contribution in [-0.4, -0.2) is 40.9 Å². The molecule has 0 aliphatic rings. The summed E-state index contributed by atoms with van der Waals surface area (Å²) in [5.74, 6) is -0.325. The summed E-state index contributed by atoms with van der Waals surface area (Å²) in [6.07, 6.45) is 2.13. The molecule has 1 amide bonds. The Labute approximate surface area is 124 Å². The zero-order chi connectivity index (χ0) is 15.1. The average Bonchev–Trinajstić information content (AvgIpc) is 2.75. The number of hydrogen-bond acceptors (Lipinski definition) is 6. The van der Waals surface area contributed by atoms with Gasteiger partial charge in [0, 0.05) is 6.04 Å². The molecule has 1 aromatic rings. The Morgan fingerprint density at radius 1 is 1.45 bits per heavy atom. The molecule has 1 rings (SSSR count). The molecule has 20 heavy (non-hydrogen) atoms. The van der Waals surface area contributed by atoms with Gasteiger partial charge in [0.25, 0.3) is 5.91 Å². The molecular formula is C13H25N5OS. The number of aromatic nitrogens is 1. The third-order valence-corrected chi connectivity index (χ3v) is 4.14. The molecule has 0 bridgehead atoms. The van der Waals surface area contributed by atoms with E-state index in [9.17, 15) is 4.79 Å². The molecule has 1 heterocycles. The van der Waals surface area contributed by atoms with Crippen LogP contribution in [0.1, 0.15) is 44.0 Å². The van der Waals surface area contributed by atoms with Crippen molar-refractivity contribution >= 4 is 28.3 Å². The lowest BCUT2D eigenvalue weighted by Crippen LogP contribution is -2.26. The van der Waals surface area contributed by atoms with Crippen LogP contribution in [0.5, 0.6) is 0 Å². The molecule has 0 aliphatic heterocycles. The number of nitrogens with zero attached hydrogens (tertiary/aromatic N) is 2. The molecule has 0 aliphatic carbocycles. The van der Waals surface area contributed by atoms with Crippen molar-refractivity contribution in [2.75, 3.05) is 30.7 Å². The molecule has 6 nitrogen and oxygen atoms in total. The molecule has 1 unspecified atom stereocenters. The van der Waals surface area contributed by atoms with Gasteiger partial charge in [0.05, 0.1) is 0 Å². The highest BCUT2D eigenvalue weighted by Gasteiger charge is 2.17. The molecule has 7 heteroatoms. The van der Waals surface area contributed by atoms with Gasteiger partial charge in [0.2, 0.25) is 0 Å². The first-order valence-corrected chi connectivity index (χ1v) is 7.80. The minimum absolute atomic E-state index is 0.209. The van der Waals surface area contributed by atoms with E-state index in [-0.39, 0.29) is 11.9 Å². The maximum Gasteiger partial charge on any atom is 0.255 e. The molecule has 1 atom stereocenters. The van der Waals surface area contributed by atoms with Crippen molar-refractivity contribution < 1.29 is 4.79 Å². The fourth-order valence-electron chi connectivity index (χ4n) is 2.10. The van der Waals surface area contributed by atoms with E-state index in [1.165, 1.54) is 11.5 Å². The highest BCUT2D eigenvalue weighted by Crippen LogP contribution is 2.27. The second-order valence-corrected chi connectivity index (χ2v) is 5.62. The van der Waals surface area contributed by atoms with Gasteiger partial charge in [-0.3, -0.25) is 4.79 Å². The van der Waals surface area contributed by atoms with Crippen LogP contribution in [0, 0.1) is 0 Å². The second kappa shape index (κ2) is 8.06. The number of nitrogens with two attached hydrogens (primary N) is 2. The zero-order valence-electron chi connectivity index (χ0n) is 12.5. The molecular weight excluding hydrogens is 274 g/mol. The second-order valence-electron chi connectivity index (χ2n) is 4.85. The van der Waals surface area contributed by atoms with Gasteiger partial charge in [0.15, 0.2) is 5.82 Å². The molecule has 0 saturated heterocycles. The van der Waals surface area contributed by atoms with Crippen molar-refractivity contribution in [3.8, 4) is 0 Å². The molecule has 0 radical (unpaired) electrons. The Balaban J connectivity index is 2.47. The molecule has 5 N–H and O–H groups in total. The number of carbonyl (C=O) groups excluding carboxylic acids is 1. The van der Waals surface area contributed by atoms with E-state index in [2.05, 4.69) is 35.4 Å². The molecule has 0 saturated carbocycles. The number of amides is 1. The Kier molecular flexibility index (Phi) is 6.74. The lowest BCUT2D eigenvalue weighted by Gasteiger charge is -2.20. The van der Waals surface area contributed by atoms with Crippen LogP contribution in [0.15, 0.2) is 0 Å². The fourth-order valence-corrected chi connectivity index (χ4v) is 2.93.